The summed E-state index contributed by atoms with van der Waals surface area (Å²) in [5.41, 5.74) is 4.94. The van der Waals surface area contributed by atoms with Crippen LogP contribution in [0.5, 0.6) is 0 Å². The van der Waals surface area contributed by atoms with Crippen molar-refractivity contribution in [2.45, 2.75) is 13.3 Å². The Morgan fingerprint density at radius 3 is 2.29 bits per heavy atom. The fourth-order valence-corrected chi connectivity index (χ4v) is 1.12. The van der Waals surface area contributed by atoms with Crippen molar-refractivity contribution < 1.29 is 14.5 Å². The van der Waals surface area contributed by atoms with Gasteiger partial charge in [0.25, 0.3) is 5.69 Å². The van der Waals surface area contributed by atoms with Gasteiger partial charge in [0.2, 0.25) is 11.8 Å². The molecule has 0 saturated carbocycles. The van der Waals surface area contributed by atoms with Crippen LogP contribution in [-0.4, -0.2) is 16.7 Å². The largest absolute Gasteiger partial charge is 0.274 e. The van der Waals surface area contributed by atoms with Gasteiger partial charge in [0.1, 0.15) is 0 Å². The van der Waals surface area contributed by atoms with E-state index in [1.807, 2.05) is 0 Å². The van der Waals surface area contributed by atoms with E-state index in [-0.39, 0.29) is 18.0 Å². The van der Waals surface area contributed by atoms with Crippen LogP contribution >= 0.6 is 0 Å². The van der Waals surface area contributed by atoms with Gasteiger partial charge in [-0.05, 0) is 5.56 Å². The topological polar surface area (TPSA) is 101 Å². The predicted octanol–water partition coefficient (Wildman–Crippen LogP) is 0.305. The minimum atomic E-state index is -0.513. The molecule has 0 aromatic heterocycles. The molecular weight excluding hydrogens is 226 g/mol. The standard InChI is InChI=1S/C10H11N3O4/c1-7(14)11-12-10(15)6-8-2-4-9(5-3-8)13(16)17/h2-5H,6H2,1H3,(H,11,14)(H,12,15). The van der Waals surface area contributed by atoms with Crippen molar-refractivity contribution in [2.24, 2.45) is 0 Å². The first-order chi connectivity index (χ1) is 7.99. The Labute approximate surface area is 96.9 Å². The maximum absolute atomic E-state index is 11.3. The van der Waals surface area contributed by atoms with Crippen LogP contribution in [0.25, 0.3) is 0 Å². The maximum Gasteiger partial charge on any atom is 0.269 e. The van der Waals surface area contributed by atoms with Crippen LogP contribution < -0.4 is 10.9 Å². The van der Waals surface area contributed by atoms with E-state index in [0.29, 0.717) is 5.56 Å². The van der Waals surface area contributed by atoms with Crippen molar-refractivity contribution in [3.05, 3.63) is 39.9 Å². The quantitative estimate of drug-likeness (QED) is 0.583. The lowest BCUT2D eigenvalue weighted by Gasteiger charge is -2.04. The zero-order valence-corrected chi connectivity index (χ0v) is 9.10. The number of benzene rings is 1. The van der Waals surface area contributed by atoms with E-state index in [4.69, 9.17) is 0 Å². The fraction of sp³-hybridized carbons (Fsp3) is 0.200. The van der Waals surface area contributed by atoms with Crippen LogP contribution in [0.4, 0.5) is 5.69 Å². The molecule has 1 aromatic rings. The molecule has 0 spiro atoms. The zero-order chi connectivity index (χ0) is 12.8. The zero-order valence-electron chi connectivity index (χ0n) is 9.10. The number of nitrogens with zero attached hydrogens (tertiary/aromatic N) is 1. The van der Waals surface area contributed by atoms with E-state index in [9.17, 15) is 19.7 Å². The van der Waals surface area contributed by atoms with Crippen molar-refractivity contribution in [2.75, 3.05) is 0 Å². The van der Waals surface area contributed by atoms with Crippen LogP contribution in [-0.2, 0) is 16.0 Å². The molecule has 0 atom stereocenters. The first-order valence-corrected chi connectivity index (χ1v) is 4.78. The number of rotatable bonds is 3. The smallest absolute Gasteiger partial charge is 0.269 e. The van der Waals surface area contributed by atoms with Crippen molar-refractivity contribution in [3.63, 3.8) is 0 Å². The Bertz CT molecular complexity index is 441. The number of nitro benzene ring substituents is 1. The summed E-state index contributed by atoms with van der Waals surface area (Å²) in [6, 6.07) is 5.62. The van der Waals surface area contributed by atoms with Gasteiger partial charge >= 0.3 is 0 Å². The van der Waals surface area contributed by atoms with Gasteiger partial charge < -0.3 is 0 Å². The predicted molar refractivity (Wildman–Crippen MR) is 58.8 cm³/mol. The number of nitrogens with one attached hydrogen (secondary N) is 2. The van der Waals surface area contributed by atoms with Gasteiger partial charge in [0.15, 0.2) is 0 Å². The molecule has 90 valence electrons. The summed E-state index contributed by atoms with van der Waals surface area (Å²) in [6.07, 6.45) is 0.0400. The summed E-state index contributed by atoms with van der Waals surface area (Å²) in [5, 5.41) is 10.4. The minimum Gasteiger partial charge on any atom is -0.274 e. The fourth-order valence-electron chi connectivity index (χ4n) is 1.12. The van der Waals surface area contributed by atoms with Crippen LogP contribution in [0.3, 0.4) is 0 Å². The maximum atomic E-state index is 11.3. The Morgan fingerprint density at radius 1 is 1.24 bits per heavy atom. The Balaban J connectivity index is 2.54. The molecule has 0 bridgehead atoms. The number of hydrogen-bond donors (Lipinski definition) is 2. The van der Waals surface area contributed by atoms with Crippen LogP contribution in [0.1, 0.15) is 12.5 Å². The van der Waals surface area contributed by atoms with Gasteiger partial charge in [0.05, 0.1) is 11.3 Å². The average Bonchev–Trinajstić information content (AvgIpc) is 2.27. The summed E-state index contributed by atoms with van der Waals surface area (Å²) < 4.78 is 0. The van der Waals surface area contributed by atoms with E-state index in [1.165, 1.54) is 31.2 Å². The van der Waals surface area contributed by atoms with E-state index in [0.717, 1.165) is 0 Å². The lowest BCUT2D eigenvalue weighted by atomic mass is 10.1. The van der Waals surface area contributed by atoms with Crippen LogP contribution in [0.2, 0.25) is 0 Å². The van der Waals surface area contributed by atoms with Gasteiger partial charge in [-0.25, -0.2) is 0 Å². The molecular formula is C10H11N3O4. The van der Waals surface area contributed by atoms with Crippen molar-refractivity contribution in [1.82, 2.24) is 10.9 Å². The molecule has 0 aliphatic rings. The summed E-state index contributed by atoms with van der Waals surface area (Å²) in [4.78, 5) is 31.7. The molecule has 2 N–H and O–H groups in total. The van der Waals surface area contributed by atoms with Crippen molar-refractivity contribution in [3.8, 4) is 0 Å². The summed E-state index contributed by atoms with van der Waals surface area (Å²) in [6.45, 7) is 1.27. The number of carbonyl (C=O) groups excluding carboxylic acids is 2. The third-order valence-electron chi connectivity index (χ3n) is 1.89. The van der Waals surface area contributed by atoms with Gasteiger partial charge in [-0.15, -0.1) is 0 Å². The number of carbonyl (C=O) groups is 2. The lowest BCUT2D eigenvalue weighted by Crippen LogP contribution is -2.41. The van der Waals surface area contributed by atoms with Crippen LogP contribution in [0, 0.1) is 10.1 Å². The molecule has 7 heteroatoms. The average molecular weight is 237 g/mol. The Morgan fingerprint density at radius 2 is 1.82 bits per heavy atom. The highest BCUT2D eigenvalue weighted by Gasteiger charge is 2.07. The second kappa shape index (κ2) is 5.59. The second-order valence-electron chi connectivity index (χ2n) is 3.33. The Kier molecular flexibility index (Phi) is 4.15. The molecule has 0 fully saturated rings. The highest BCUT2D eigenvalue weighted by molar-refractivity contribution is 5.82. The molecule has 1 aromatic carbocycles. The molecule has 0 saturated heterocycles. The number of hydrazine groups is 1. The van der Waals surface area contributed by atoms with E-state index in [1.54, 1.807) is 0 Å². The first-order valence-electron chi connectivity index (χ1n) is 4.78. The monoisotopic (exact) mass is 237 g/mol. The minimum absolute atomic E-state index is 0.0315. The highest BCUT2D eigenvalue weighted by atomic mass is 16.6. The third-order valence-corrected chi connectivity index (χ3v) is 1.89. The molecule has 0 aliphatic heterocycles. The van der Waals surface area contributed by atoms with Crippen molar-refractivity contribution in [1.29, 1.82) is 0 Å². The van der Waals surface area contributed by atoms with E-state index < -0.39 is 10.8 Å². The first kappa shape index (κ1) is 12.6. The lowest BCUT2D eigenvalue weighted by molar-refractivity contribution is -0.384. The number of hydrogen-bond acceptors (Lipinski definition) is 4. The molecule has 0 heterocycles. The summed E-state index contributed by atoms with van der Waals surface area (Å²) in [7, 11) is 0. The van der Waals surface area contributed by atoms with E-state index >= 15 is 0 Å². The summed E-state index contributed by atoms with van der Waals surface area (Å²) in [5.74, 6) is -0.767. The molecule has 1 rings (SSSR count). The van der Waals surface area contributed by atoms with Crippen LogP contribution in [0.15, 0.2) is 24.3 Å². The van der Waals surface area contributed by atoms with Gasteiger partial charge in [-0.3, -0.25) is 30.6 Å². The van der Waals surface area contributed by atoms with E-state index in [2.05, 4.69) is 10.9 Å². The third kappa shape index (κ3) is 4.29. The highest BCUT2D eigenvalue weighted by Crippen LogP contribution is 2.11. The number of nitro groups is 1. The van der Waals surface area contributed by atoms with Crippen molar-refractivity contribution >= 4 is 17.5 Å². The molecule has 7 nitrogen and oxygen atoms in total. The molecule has 0 aliphatic carbocycles. The molecule has 17 heavy (non-hydrogen) atoms. The molecule has 0 radical (unpaired) electrons. The van der Waals surface area contributed by atoms with Gasteiger partial charge in [-0.1, -0.05) is 12.1 Å². The van der Waals surface area contributed by atoms with Gasteiger partial charge in [-0.2, -0.15) is 0 Å². The Hall–Kier alpha value is -2.44. The molecule has 0 unspecified atom stereocenters. The molecule has 2 amide bonds. The summed E-state index contributed by atoms with van der Waals surface area (Å²) >= 11 is 0. The number of amides is 2. The number of non-ortho nitro benzene ring substituents is 1. The second-order valence-corrected chi connectivity index (χ2v) is 3.33. The normalized spacial score (nSPS) is 9.47. The van der Waals surface area contributed by atoms with Gasteiger partial charge in [0, 0.05) is 19.1 Å². The SMILES string of the molecule is CC(=O)NNC(=O)Cc1ccc([N+](=O)[O-])cc1.